The fourth-order valence-corrected chi connectivity index (χ4v) is 3.03. The minimum atomic E-state index is -0.654. The van der Waals surface area contributed by atoms with Crippen LogP contribution in [-0.4, -0.2) is 32.4 Å². The minimum absolute atomic E-state index is 0.241. The van der Waals surface area contributed by atoms with Gasteiger partial charge in [0.2, 0.25) is 0 Å². The molecule has 0 N–H and O–H groups in total. The fraction of sp³-hybridized carbons (Fsp3) is 0.214. The van der Waals surface area contributed by atoms with E-state index in [0.29, 0.717) is 23.7 Å². The number of allylic oxidation sites excluding steroid dienone is 4. The number of hydrogen-bond acceptors (Lipinski definition) is 4. The molecule has 0 amide bonds. The Morgan fingerprint density at radius 2 is 2.00 bits per heavy atom. The molecule has 0 aromatic heterocycles. The highest BCUT2D eigenvalue weighted by Gasteiger charge is 2.10. The molecule has 0 unspecified atom stereocenters. The Balaban J connectivity index is 2.33. The third-order valence-electron chi connectivity index (χ3n) is 4.75. The monoisotopic (exact) mass is 445 g/mol. The third-order valence-corrected chi connectivity index (χ3v) is 4.75. The van der Waals surface area contributed by atoms with Gasteiger partial charge in [-0.15, -0.1) is 0 Å². The van der Waals surface area contributed by atoms with Gasteiger partial charge in [0.15, 0.2) is 5.76 Å². The highest BCUT2D eigenvalue weighted by Crippen LogP contribution is 2.29. The van der Waals surface area contributed by atoms with Crippen LogP contribution in [0, 0.1) is 18.8 Å². The molecule has 0 aliphatic heterocycles. The quantitative estimate of drug-likeness (QED) is 0.111. The topological polar surface area (TPSA) is 47.9 Å². The lowest BCUT2D eigenvalue weighted by Crippen LogP contribution is -1.98. The number of oxime groups is 1. The van der Waals surface area contributed by atoms with Crippen LogP contribution in [0.4, 0.5) is 4.39 Å². The van der Waals surface area contributed by atoms with Gasteiger partial charge in [-0.25, -0.2) is 4.39 Å². The number of carbonyl (C=O) groups excluding carboxylic acids is 1. The van der Waals surface area contributed by atoms with Crippen LogP contribution in [-0.2, 0) is 14.4 Å². The van der Waals surface area contributed by atoms with Crippen LogP contribution < -0.4 is 0 Å². The van der Waals surface area contributed by atoms with Crippen molar-refractivity contribution >= 4 is 17.8 Å². The number of nitrogens with zero attached hydrogens (tertiary/aromatic N) is 1. The number of methoxy groups -OCH3 is 1. The summed E-state index contributed by atoms with van der Waals surface area (Å²) < 4.78 is 17.9. The van der Waals surface area contributed by atoms with Gasteiger partial charge in [0.1, 0.15) is 19.6 Å². The van der Waals surface area contributed by atoms with Crippen LogP contribution in [0.1, 0.15) is 30.0 Å². The number of ether oxygens (including phenoxy) is 1. The highest BCUT2D eigenvalue weighted by atomic mass is 19.1. The van der Waals surface area contributed by atoms with E-state index in [0.717, 1.165) is 34.1 Å². The Bertz CT molecular complexity index is 1130. The second kappa shape index (κ2) is 13.6. The zero-order valence-electron chi connectivity index (χ0n) is 19.2. The molecule has 0 spiro atoms. The molecule has 0 aliphatic rings. The molecule has 0 fully saturated rings. The number of benzene rings is 2. The van der Waals surface area contributed by atoms with Crippen LogP contribution in [0.5, 0.6) is 0 Å². The smallest absolute Gasteiger partial charge is 0.158 e. The van der Waals surface area contributed by atoms with Crippen LogP contribution in [0.2, 0.25) is 0 Å². The summed E-state index contributed by atoms with van der Waals surface area (Å²) >= 11 is 0. The molecule has 0 saturated carbocycles. The molecule has 33 heavy (non-hydrogen) atoms. The van der Waals surface area contributed by atoms with Gasteiger partial charge < -0.3 is 14.4 Å². The van der Waals surface area contributed by atoms with E-state index in [-0.39, 0.29) is 6.42 Å². The molecular formula is C28H28FNO3. The van der Waals surface area contributed by atoms with E-state index in [1.54, 1.807) is 26.2 Å². The Labute approximate surface area is 195 Å². The first kappa shape index (κ1) is 25.5. The van der Waals surface area contributed by atoms with Crippen molar-refractivity contribution in [2.24, 2.45) is 5.16 Å². The molecule has 2 aromatic carbocycles. The maximum Gasteiger partial charge on any atom is 0.158 e. The number of aldehydes is 1. The Morgan fingerprint density at radius 1 is 1.21 bits per heavy atom. The molecule has 0 heterocycles. The molecule has 2 aromatic rings. The lowest BCUT2D eigenvalue weighted by Gasteiger charge is -2.11. The summed E-state index contributed by atoms with van der Waals surface area (Å²) in [5.74, 6) is 6.50. The van der Waals surface area contributed by atoms with Crippen molar-refractivity contribution in [3.8, 4) is 23.0 Å². The van der Waals surface area contributed by atoms with Gasteiger partial charge in [-0.1, -0.05) is 72.1 Å². The van der Waals surface area contributed by atoms with E-state index >= 15 is 0 Å². The number of aryl methyl sites for hydroxylation is 1. The van der Waals surface area contributed by atoms with Crippen molar-refractivity contribution in [2.75, 3.05) is 20.4 Å². The van der Waals surface area contributed by atoms with Gasteiger partial charge in [0, 0.05) is 24.7 Å². The summed E-state index contributed by atoms with van der Waals surface area (Å²) in [6.07, 6.45) is 5.65. The van der Waals surface area contributed by atoms with E-state index in [9.17, 15) is 9.18 Å². The van der Waals surface area contributed by atoms with Crippen LogP contribution >= 0.6 is 0 Å². The van der Waals surface area contributed by atoms with Crippen molar-refractivity contribution < 1.29 is 18.8 Å². The third kappa shape index (κ3) is 7.71. The number of alkyl halides is 1. The summed E-state index contributed by atoms with van der Waals surface area (Å²) in [4.78, 5) is 16.0. The molecular weight excluding hydrogens is 417 g/mol. The van der Waals surface area contributed by atoms with Crippen molar-refractivity contribution in [1.29, 1.82) is 0 Å². The Hall–Kier alpha value is -3.75. The average molecular weight is 446 g/mol. The highest BCUT2D eigenvalue weighted by molar-refractivity contribution is 6.00. The van der Waals surface area contributed by atoms with E-state index in [4.69, 9.17) is 9.57 Å². The molecule has 170 valence electrons. The molecule has 5 heteroatoms. The van der Waals surface area contributed by atoms with E-state index in [1.807, 2.05) is 30.3 Å². The molecule has 2 rings (SSSR count). The molecule has 0 atom stereocenters. The summed E-state index contributed by atoms with van der Waals surface area (Å²) in [7, 11) is 1.60. The van der Waals surface area contributed by atoms with Gasteiger partial charge in [-0.2, -0.15) is 0 Å². The Morgan fingerprint density at radius 3 is 2.70 bits per heavy atom. The predicted octanol–water partition coefficient (Wildman–Crippen LogP) is 6.06. The SMILES string of the molecule is C=C(O/N=C(C)/C(/C=C\CC=O)=C/CF)c1ccc(-c2ccccc2C)c(C#CCOC)c1. The zero-order valence-corrected chi connectivity index (χ0v) is 19.2. The molecule has 0 aliphatic carbocycles. The number of hydrogen-bond donors (Lipinski definition) is 0. The van der Waals surface area contributed by atoms with Crippen molar-refractivity contribution in [3.63, 3.8) is 0 Å². The van der Waals surface area contributed by atoms with Crippen molar-refractivity contribution in [1.82, 2.24) is 0 Å². The maximum atomic E-state index is 12.8. The van der Waals surface area contributed by atoms with Gasteiger partial charge in [-0.05, 0) is 48.3 Å². The van der Waals surface area contributed by atoms with E-state index in [2.05, 4.69) is 42.6 Å². The first-order chi connectivity index (χ1) is 16.0. The van der Waals surface area contributed by atoms with Gasteiger partial charge in [-0.3, -0.25) is 0 Å². The zero-order chi connectivity index (χ0) is 24.1. The second-order valence-corrected chi connectivity index (χ2v) is 7.12. The van der Waals surface area contributed by atoms with Crippen molar-refractivity contribution in [2.45, 2.75) is 20.3 Å². The molecule has 0 bridgehead atoms. The number of halogens is 1. The minimum Gasteiger partial charge on any atom is -0.372 e. The van der Waals surface area contributed by atoms with Gasteiger partial charge in [0.05, 0.1) is 5.71 Å². The summed E-state index contributed by atoms with van der Waals surface area (Å²) in [5, 5.41) is 4.08. The van der Waals surface area contributed by atoms with E-state index in [1.165, 1.54) is 6.08 Å². The molecule has 0 radical (unpaired) electrons. The van der Waals surface area contributed by atoms with Crippen LogP contribution in [0.15, 0.2) is 78.0 Å². The lowest BCUT2D eigenvalue weighted by atomic mass is 9.94. The number of rotatable bonds is 10. The van der Waals surface area contributed by atoms with Crippen molar-refractivity contribution in [3.05, 3.63) is 89.5 Å². The molecule has 4 nitrogen and oxygen atoms in total. The first-order valence-electron chi connectivity index (χ1n) is 10.5. The number of carbonyl (C=O) groups is 1. The lowest BCUT2D eigenvalue weighted by molar-refractivity contribution is -0.107. The van der Waals surface area contributed by atoms with E-state index < -0.39 is 6.67 Å². The average Bonchev–Trinajstić information content (AvgIpc) is 2.82. The second-order valence-electron chi connectivity index (χ2n) is 7.12. The predicted molar refractivity (Wildman–Crippen MR) is 132 cm³/mol. The fourth-order valence-electron chi connectivity index (χ4n) is 3.03. The van der Waals surface area contributed by atoms with Gasteiger partial charge in [0.25, 0.3) is 0 Å². The Kier molecular flexibility index (Phi) is 10.5. The first-order valence-corrected chi connectivity index (χ1v) is 10.5. The summed E-state index contributed by atoms with van der Waals surface area (Å²) in [5.41, 5.74) is 5.78. The summed E-state index contributed by atoms with van der Waals surface area (Å²) in [6.45, 7) is 7.39. The maximum absolute atomic E-state index is 12.8. The largest absolute Gasteiger partial charge is 0.372 e. The molecule has 0 saturated heterocycles. The van der Waals surface area contributed by atoms with Crippen LogP contribution in [0.25, 0.3) is 16.9 Å². The van der Waals surface area contributed by atoms with Gasteiger partial charge >= 0.3 is 0 Å². The standard InChI is InChI=1S/C28H28FNO3/c1-21-10-5-6-13-27(21)28-15-14-25(20-26(28)12-9-19-32-4)23(3)33-30-22(2)24(16-17-29)11-7-8-18-31/h5-7,10-11,13-16,18,20H,3,8,17,19H2,1-2,4H3/b11-7-,24-16+,30-22+. The summed E-state index contributed by atoms with van der Waals surface area (Å²) in [6, 6.07) is 13.9. The van der Waals surface area contributed by atoms with Crippen LogP contribution in [0.3, 0.4) is 0 Å². The normalized spacial score (nSPS) is 11.8.